The fraction of sp³-hybridized carbons (Fsp3) is 0.308. The van der Waals surface area contributed by atoms with Crippen LogP contribution < -0.4 is 0 Å². The van der Waals surface area contributed by atoms with E-state index >= 15 is 0 Å². The summed E-state index contributed by atoms with van der Waals surface area (Å²) in [5.41, 5.74) is 0.463. The number of halogens is 1. The number of hydrogen-bond donors (Lipinski definition) is 0. The molecular weight excluding hydrogens is 235 g/mol. The number of likely N-dealkylation sites (tertiary alicyclic amines) is 1. The number of carbonyl (C=O) groups excluding carboxylic acids is 2. The number of piperidine rings is 1. The number of nitrogens with zero attached hydrogens (tertiary/aromatic N) is 2. The first-order valence-corrected chi connectivity index (χ1v) is 5.63. The van der Waals surface area contributed by atoms with Crippen LogP contribution in [-0.2, 0) is 16.1 Å². The fourth-order valence-electron chi connectivity index (χ4n) is 1.89. The molecule has 1 aromatic carbocycles. The van der Waals surface area contributed by atoms with Crippen LogP contribution in [0.2, 0.25) is 0 Å². The molecule has 0 aromatic heterocycles. The van der Waals surface area contributed by atoms with E-state index in [0.717, 1.165) is 11.0 Å². The molecule has 18 heavy (non-hydrogen) atoms. The molecule has 1 fully saturated rings. The van der Waals surface area contributed by atoms with Gasteiger partial charge in [-0.15, -0.1) is 0 Å². The van der Waals surface area contributed by atoms with Crippen molar-refractivity contribution in [3.05, 3.63) is 35.1 Å². The van der Waals surface area contributed by atoms with Crippen LogP contribution in [0.4, 0.5) is 4.39 Å². The van der Waals surface area contributed by atoms with Crippen molar-refractivity contribution in [3.8, 4) is 6.07 Å². The molecule has 0 aliphatic carbocycles. The molecule has 92 valence electrons. The summed E-state index contributed by atoms with van der Waals surface area (Å²) in [6.07, 6.45) is 1.21. The number of benzene rings is 1. The average Bonchev–Trinajstić information content (AvgIpc) is 2.35. The molecule has 0 radical (unpaired) electrons. The molecule has 0 spiro atoms. The molecule has 0 saturated carbocycles. The van der Waals surface area contributed by atoms with Crippen molar-refractivity contribution in [2.24, 2.45) is 0 Å². The van der Waals surface area contributed by atoms with Gasteiger partial charge in [-0.3, -0.25) is 14.5 Å². The highest BCUT2D eigenvalue weighted by molar-refractivity contribution is 5.97. The molecule has 2 amide bonds. The zero-order chi connectivity index (χ0) is 13.1. The zero-order valence-electron chi connectivity index (χ0n) is 9.65. The first-order valence-electron chi connectivity index (χ1n) is 5.63. The standard InChI is InChI=1S/C13H11FN2O2/c14-11-6-9(7-15)4-5-10(11)8-16-12(17)2-1-3-13(16)18/h4-6H,1-3,8H2. The minimum absolute atomic E-state index is 0.0603. The third-order valence-corrected chi connectivity index (χ3v) is 2.89. The summed E-state index contributed by atoms with van der Waals surface area (Å²) >= 11 is 0. The number of hydrogen-bond acceptors (Lipinski definition) is 3. The van der Waals surface area contributed by atoms with E-state index in [9.17, 15) is 14.0 Å². The molecule has 4 nitrogen and oxygen atoms in total. The van der Waals surface area contributed by atoms with Crippen LogP contribution in [0, 0.1) is 17.1 Å². The van der Waals surface area contributed by atoms with E-state index in [1.54, 1.807) is 0 Å². The Balaban J connectivity index is 2.21. The van der Waals surface area contributed by atoms with Gasteiger partial charge in [0.15, 0.2) is 0 Å². The number of nitriles is 1. The van der Waals surface area contributed by atoms with Gasteiger partial charge in [0.2, 0.25) is 11.8 Å². The van der Waals surface area contributed by atoms with Gasteiger partial charge in [-0.2, -0.15) is 5.26 Å². The third-order valence-electron chi connectivity index (χ3n) is 2.89. The van der Waals surface area contributed by atoms with Gasteiger partial charge in [-0.1, -0.05) is 6.07 Å². The molecule has 1 aromatic rings. The van der Waals surface area contributed by atoms with Gasteiger partial charge in [0, 0.05) is 18.4 Å². The van der Waals surface area contributed by atoms with Crippen molar-refractivity contribution in [2.75, 3.05) is 0 Å². The summed E-state index contributed by atoms with van der Waals surface area (Å²) < 4.78 is 13.6. The van der Waals surface area contributed by atoms with Crippen molar-refractivity contribution in [2.45, 2.75) is 25.8 Å². The Morgan fingerprint density at radius 1 is 1.28 bits per heavy atom. The second-order valence-electron chi connectivity index (χ2n) is 4.15. The van der Waals surface area contributed by atoms with E-state index in [2.05, 4.69) is 0 Å². The fourth-order valence-corrected chi connectivity index (χ4v) is 1.89. The number of imide groups is 1. The van der Waals surface area contributed by atoms with Gasteiger partial charge < -0.3 is 0 Å². The lowest BCUT2D eigenvalue weighted by Crippen LogP contribution is -2.39. The Morgan fingerprint density at radius 3 is 2.50 bits per heavy atom. The van der Waals surface area contributed by atoms with Crippen molar-refractivity contribution in [1.82, 2.24) is 4.90 Å². The van der Waals surface area contributed by atoms with Crippen molar-refractivity contribution in [1.29, 1.82) is 5.26 Å². The molecule has 1 heterocycles. The lowest BCUT2D eigenvalue weighted by molar-refractivity contribution is -0.148. The van der Waals surface area contributed by atoms with Gasteiger partial charge >= 0.3 is 0 Å². The maximum absolute atomic E-state index is 13.6. The van der Waals surface area contributed by atoms with Crippen LogP contribution in [-0.4, -0.2) is 16.7 Å². The summed E-state index contributed by atoms with van der Waals surface area (Å²) in [7, 11) is 0. The quantitative estimate of drug-likeness (QED) is 0.747. The SMILES string of the molecule is N#Cc1ccc(CN2C(=O)CCCC2=O)c(F)c1. The van der Waals surface area contributed by atoms with Gasteiger partial charge in [-0.25, -0.2) is 4.39 Å². The van der Waals surface area contributed by atoms with Gasteiger partial charge in [0.05, 0.1) is 18.2 Å². The zero-order valence-corrected chi connectivity index (χ0v) is 9.65. The summed E-state index contributed by atoms with van der Waals surface area (Å²) in [4.78, 5) is 24.2. The van der Waals surface area contributed by atoms with Crippen LogP contribution in [0.1, 0.15) is 30.4 Å². The van der Waals surface area contributed by atoms with E-state index in [1.165, 1.54) is 12.1 Å². The first kappa shape index (κ1) is 12.2. The Kier molecular flexibility index (Phi) is 3.38. The number of amides is 2. The Bertz CT molecular complexity index is 532. The van der Waals surface area contributed by atoms with E-state index in [1.807, 2.05) is 6.07 Å². The normalized spacial score (nSPS) is 15.7. The molecule has 0 atom stereocenters. The van der Waals surface area contributed by atoms with Gasteiger partial charge in [0.1, 0.15) is 5.82 Å². The monoisotopic (exact) mass is 246 g/mol. The molecule has 5 heteroatoms. The summed E-state index contributed by atoms with van der Waals surface area (Å²) in [6.45, 7) is -0.0603. The molecule has 2 rings (SSSR count). The first-order chi connectivity index (χ1) is 8.61. The smallest absolute Gasteiger partial charge is 0.229 e. The molecule has 0 bridgehead atoms. The molecule has 1 saturated heterocycles. The highest BCUT2D eigenvalue weighted by atomic mass is 19.1. The van der Waals surface area contributed by atoms with Crippen LogP contribution in [0.25, 0.3) is 0 Å². The van der Waals surface area contributed by atoms with Crippen molar-refractivity contribution in [3.63, 3.8) is 0 Å². The van der Waals surface area contributed by atoms with Crippen LogP contribution >= 0.6 is 0 Å². The van der Waals surface area contributed by atoms with Crippen molar-refractivity contribution < 1.29 is 14.0 Å². The van der Waals surface area contributed by atoms with E-state index in [-0.39, 0.29) is 29.5 Å². The van der Waals surface area contributed by atoms with Crippen LogP contribution in [0.15, 0.2) is 18.2 Å². The largest absolute Gasteiger partial charge is 0.278 e. The molecule has 1 aliphatic heterocycles. The minimum atomic E-state index is -0.569. The van der Waals surface area contributed by atoms with Gasteiger partial charge in [0.25, 0.3) is 0 Å². The highest BCUT2D eigenvalue weighted by Crippen LogP contribution is 2.18. The van der Waals surface area contributed by atoms with Crippen LogP contribution in [0.5, 0.6) is 0 Å². The Labute approximate surface area is 104 Å². The van der Waals surface area contributed by atoms with E-state index in [0.29, 0.717) is 19.3 Å². The predicted octanol–water partition coefficient (Wildman–Crippen LogP) is 1.74. The maximum Gasteiger partial charge on any atom is 0.229 e. The minimum Gasteiger partial charge on any atom is -0.278 e. The van der Waals surface area contributed by atoms with Crippen molar-refractivity contribution >= 4 is 11.8 Å². The lowest BCUT2D eigenvalue weighted by Gasteiger charge is -2.25. The van der Waals surface area contributed by atoms with E-state index < -0.39 is 5.82 Å². The molecular formula is C13H11FN2O2. The second kappa shape index (κ2) is 4.96. The maximum atomic E-state index is 13.6. The number of rotatable bonds is 2. The molecule has 1 aliphatic rings. The third kappa shape index (κ3) is 2.38. The topological polar surface area (TPSA) is 61.2 Å². The highest BCUT2D eigenvalue weighted by Gasteiger charge is 2.26. The molecule has 0 N–H and O–H groups in total. The van der Waals surface area contributed by atoms with Crippen LogP contribution in [0.3, 0.4) is 0 Å². The number of carbonyl (C=O) groups is 2. The summed E-state index contributed by atoms with van der Waals surface area (Å²) in [5.74, 6) is -1.11. The Morgan fingerprint density at radius 2 is 1.94 bits per heavy atom. The summed E-state index contributed by atoms with van der Waals surface area (Å²) in [5, 5.41) is 8.62. The van der Waals surface area contributed by atoms with Gasteiger partial charge in [-0.05, 0) is 18.6 Å². The average molecular weight is 246 g/mol. The second-order valence-corrected chi connectivity index (χ2v) is 4.15. The lowest BCUT2D eigenvalue weighted by atomic mass is 10.1. The van der Waals surface area contributed by atoms with E-state index in [4.69, 9.17) is 5.26 Å². The summed E-state index contributed by atoms with van der Waals surface area (Å²) in [6, 6.07) is 5.84. The Hall–Kier alpha value is -2.22. The molecule has 0 unspecified atom stereocenters. The predicted molar refractivity (Wildman–Crippen MR) is 60.5 cm³/mol.